The van der Waals surface area contributed by atoms with Gasteiger partial charge in [-0.05, 0) is 13.8 Å². The molecule has 10 unspecified atom stereocenters. The lowest BCUT2D eigenvalue weighted by Gasteiger charge is -2.46. The van der Waals surface area contributed by atoms with Gasteiger partial charge in [-0.15, -0.1) is 0 Å². The van der Waals surface area contributed by atoms with E-state index in [1.807, 2.05) is 0 Å². The normalized spacial score (nSPS) is 47.3. The highest BCUT2D eigenvalue weighted by molar-refractivity contribution is 4.94. The molecule has 2 aliphatic rings. The Morgan fingerprint density at radius 2 is 1.27 bits per heavy atom. The molecule has 2 saturated heterocycles. The van der Waals surface area contributed by atoms with Crippen molar-refractivity contribution in [3.63, 3.8) is 0 Å². The largest absolute Gasteiger partial charge is 0.394 e. The third-order valence-corrected chi connectivity index (χ3v) is 4.37. The predicted octanol–water partition coefficient (Wildman–Crippen LogP) is -3.96. The molecule has 0 saturated carbocycles. The molecule has 2 fully saturated rings. The van der Waals surface area contributed by atoms with Gasteiger partial charge in [-0.25, -0.2) is 0 Å². The molecule has 7 N–H and O–H groups in total. The van der Waals surface area contributed by atoms with Crippen molar-refractivity contribution in [2.75, 3.05) is 13.2 Å². The van der Waals surface area contributed by atoms with E-state index < -0.39 is 74.6 Å². The Labute approximate surface area is 150 Å². The highest BCUT2D eigenvalue weighted by Gasteiger charge is 2.50. The summed E-state index contributed by atoms with van der Waals surface area (Å²) in [5.74, 6) is 0. The van der Waals surface area contributed by atoms with Crippen molar-refractivity contribution in [2.45, 2.75) is 81.4 Å². The Balaban J connectivity index is 2.11. The minimum Gasteiger partial charge on any atom is -0.394 e. The Hall–Kier alpha value is -0.440. The van der Waals surface area contributed by atoms with Gasteiger partial charge in [0.15, 0.2) is 12.6 Å². The molecule has 2 rings (SSSR count). The van der Waals surface area contributed by atoms with E-state index in [1.54, 1.807) is 13.8 Å². The van der Waals surface area contributed by atoms with Crippen LogP contribution in [0.1, 0.15) is 13.8 Å². The summed E-state index contributed by atoms with van der Waals surface area (Å²) in [6, 6.07) is 0. The Morgan fingerprint density at radius 3 is 1.81 bits per heavy atom. The fourth-order valence-corrected chi connectivity index (χ4v) is 2.94. The van der Waals surface area contributed by atoms with E-state index >= 15 is 0 Å². The highest BCUT2D eigenvalue weighted by Crippen LogP contribution is 2.29. The van der Waals surface area contributed by atoms with Gasteiger partial charge in [-0.2, -0.15) is 0 Å². The van der Waals surface area contributed by atoms with Crippen LogP contribution in [0.5, 0.6) is 0 Å². The molecule has 0 bridgehead atoms. The van der Waals surface area contributed by atoms with E-state index in [2.05, 4.69) is 0 Å². The molecule has 0 radical (unpaired) electrons. The number of aliphatic hydroxyl groups is 7. The summed E-state index contributed by atoms with van der Waals surface area (Å²) >= 11 is 0. The van der Waals surface area contributed by atoms with E-state index in [1.165, 1.54) is 0 Å². The predicted molar refractivity (Wildman–Crippen MR) is 82.6 cm³/mol. The second-order valence-corrected chi connectivity index (χ2v) is 6.69. The van der Waals surface area contributed by atoms with Gasteiger partial charge in [0.2, 0.25) is 0 Å². The standard InChI is InChI=1S/C15H28O11/c1-5(2)23-14-12(22)10(20)13(7(4-17)25-14)26-15-11(21)9(19)8(18)6(3-16)24-15/h5-22H,3-4H2,1-2H3. The molecule has 11 nitrogen and oxygen atoms in total. The smallest absolute Gasteiger partial charge is 0.187 e. The van der Waals surface area contributed by atoms with Crippen LogP contribution in [0.4, 0.5) is 0 Å². The van der Waals surface area contributed by atoms with E-state index in [4.69, 9.17) is 18.9 Å². The van der Waals surface area contributed by atoms with Gasteiger partial charge in [0, 0.05) is 0 Å². The van der Waals surface area contributed by atoms with E-state index in [-0.39, 0.29) is 6.10 Å². The second-order valence-electron chi connectivity index (χ2n) is 6.69. The molecule has 2 heterocycles. The minimum atomic E-state index is -1.69. The number of ether oxygens (including phenoxy) is 4. The molecule has 10 atom stereocenters. The van der Waals surface area contributed by atoms with Crippen LogP contribution in [0.15, 0.2) is 0 Å². The van der Waals surface area contributed by atoms with Crippen LogP contribution >= 0.6 is 0 Å². The first-order valence-corrected chi connectivity index (χ1v) is 8.45. The summed E-state index contributed by atoms with van der Waals surface area (Å²) in [5, 5.41) is 68.8. The average molecular weight is 384 g/mol. The molecule has 0 aromatic rings. The lowest BCUT2D eigenvalue weighted by atomic mass is 9.97. The van der Waals surface area contributed by atoms with E-state index in [0.717, 1.165) is 0 Å². The number of hydrogen-bond donors (Lipinski definition) is 7. The fraction of sp³-hybridized carbons (Fsp3) is 1.00. The maximum atomic E-state index is 10.3. The summed E-state index contributed by atoms with van der Waals surface area (Å²) in [5.41, 5.74) is 0. The minimum absolute atomic E-state index is 0.316. The van der Waals surface area contributed by atoms with Crippen molar-refractivity contribution in [1.29, 1.82) is 0 Å². The highest BCUT2D eigenvalue weighted by atomic mass is 16.7. The van der Waals surface area contributed by atoms with Crippen LogP contribution in [0.3, 0.4) is 0 Å². The van der Waals surface area contributed by atoms with E-state index in [9.17, 15) is 35.7 Å². The first-order chi connectivity index (χ1) is 12.2. The van der Waals surface area contributed by atoms with Gasteiger partial charge in [0.05, 0.1) is 19.3 Å². The Kier molecular flexibility index (Phi) is 7.71. The van der Waals surface area contributed by atoms with E-state index in [0.29, 0.717) is 0 Å². The maximum absolute atomic E-state index is 10.3. The topological polar surface area (TPSA) is 179 Å². The molecule has 26 heavy (non-hydrogen) atoms. The third kappa shape index (κ3) is 4.51. The van der Waals surface area contributed by atoms with Gasteiger partial charge in [0.1, 0.15) is 48.8 Å². The molecular formula is C15H28O11. The van der Waals surface area contributed by atoms with Crippen LogP contribution in [0, 0.1) is 0 Å². The quantitative estimate of drug-likeness (QED) is 0.237. The number of hydrogen-bond acceptors (Lipinski definition) is 11. The van der Waals surface area contributed by atoms with Gasteiger partial charge in [0.25, 0.3) is 0 Å². The fourth-order valence-electron chi connectivity index (χ4n) is 2.94. The zero-order valence-corrected chi connectivity index (χ0v) is 14.5. The summed E-state index contributed by atoms with van der Waals surface area (Å²) in [6.45, 7) is 2.16. The summed E-state index contributed by atoms with van der Waals surface area (Å²) in [7, 11) is 0. The first kappa shape index (κ1) is 21.9. The summed E-state index contributed by atoms with van der Waals surface area (Å²) in [4.78, 5) is 0. The van der Waals surface area contributed by atoms with Crippen LogP contribution in [-0.4, -0.2) is 116 Å². The van der Waals surface area contributed by atoms with Crippen LogP contribution in [-0.2, 0) is 18.9 Å². The summed E-state index contributed by atoms with van der Waals surface area (Å²) < 4.78 is 21.4. The lowest BCUT2D eigenvalue weighted by Crippen LogP contribution is -2.64. The van der Waals surface area contributed by atoms with Crippen molar-refractivity contribution >= 4 is 0 Å². The maximum Gasteiger partial charge on any atom is 0.187 e. The molecule has 11 heteroatoms. The SMILES string of the molecule is CC(C)OC1OC(CO)C(OC2OC(CO)C(O)C(O)C2O)C(O)C1O. The molecule has 0 aliphatic carbocycles. The second kappa shape index (κ2) is 9.17. The van der Waals surface area contributed by atoms with Crippen molar-refractivity contribution in [3.05, 3.63) is 0 Å². The first-order valence-electron chi connectivity index (χ1n) is 8.45. The Bertz CT molecular complexity index is 432. The lowest BCUT2D eigenvalue weighted by molar-refractivity contribution is -0.361. The Morgan fingerprint density at radius 1 is 0.731 bits per heavy atom. The van der Waals surface area contributed by atoms with Crippen LogP contribution < -0.4 is 0 Å². The van der Waals surface area contributed by atoms with Gasteiger partial charge < -0.3 is 54.7 Å². The number of aliphatic hydroxyl groups excluding tert-OH is 7. The van der Waals surface area contributed by atoms with Gasteiger partial charge in [-0.1, -0.05) is 0 Å². The van der Waals surface area contributed by atoms with Crippen molar-refractivity contribution < 1.29 is 54.7 Å². The van der Waals surface area contributed by atoms with Crippen LogP contribution in [0.25, 0.3) is 0 Å². The summed E-state index contributed by atoms with van der Waals surface area (Å²) in [6.07, 6.45) is -14.7. The van der Waals surface area contributed by atoms with Crippen LogP contribution in [0.2, 0.25) is 0 Å². The van der Waals surface area contributed by atoms with Gasteiger partial charge >= 0.3 is 0 Å². The molecule has 0 aromatic heterocycles. The third-order valence-electron chi connectivity index (χ3n) is 4.37. The monoisotopic (exact) mass is 384 g/mol. The van der Waals surface area contributed by atoms with Crippen molar-refractivity contribution in [3.8, 4) is 0 Å². The zero-order chi connectivity index (χ0) is 19.6. The molecule has 2 aliphatic heterocycles. The molecule has 154 valence electrons. The molecule has 0 amide bonds. The molecule has 0 spiro atoms. The molecular weight excluding hydrogens is 356 g/mol. The number of rotatable bonds is 6. The van der Waals surface area contributed by atoms with Crippen molar-refractivity contribution in [1.82, 2.24) is 0 Å². The van der Waals surface area contributed by atoms with Crippen molar-refractivity contribution in [2.24, 2.45) is 0 Å². The average Bonchev–Trinajstić information content (AvgIpc) is 2.60. The molecule has 0 aromatic carbocycles. The van der Waals surface area contributed by atoms with Gasteiger partial charge in [-0.3, -0.25) is 0 Å². The zero-order valence-electron chi connectivity index (χ0n) is 14.5.